The van der Waals surface area contributed by atoms with Crippen LogP contribution in [-0.4, -0.2) is 12.6 Å². The van der Waals surface area contributed by atoms with Crippen LogP contribution < -0.4 is 0 Å². The molecule has 2 atom stereocenters. The van der Waals surface area contributed by atoms with Gasteiger partial charge in [0, 0.05) is 5.57 Å². The van der Waals surface area contributed by atoms with E-state index in [1.54, 1.807) is 0 Å². The minimum Gasteiger partial charge on any atom is -0.462 e. The van der Waals surface area contributed by atoms with E-state index in [0.29, 0.717) is 24.0 Å². The lowest BCUT2D eigenvalue weighted by molar-refractivity contribution is -0.139. The largest absolute Gasteiger partial charge is 0.462 e. The van der Waals surface area contributed by atoms with E-state index >= 15 is 0 Å². The molecule has 0 N–H and O–H groups in total. The SMILES string of the molecule is C=C1CC(C)C(C)COC1=O. The monoisotopic (exact) mass is 154 g/mol. The Morgan fingerprint density at radius 3 is 2.73 bits per heavy atom. The van der Waals surface area contributed by atoms with Crippen LogP contribution >= 0.6 is 0 Å². The minimum atomic E-state index is -0.221. The molecule has 0 aromatic rings. The van der Waals surface area contributed by atoms with Crippen molar-refractivity contribution in [1.82, 2.24) is 0 Å². The van der Waals surface area contributed by atoms with Crippen molar-refractivity contribution < 1.29 is 9.53 Å². The molecule has 0 aromatic carbocycles. The van der Waals surface area contributed by atoms with Crippen molar-refractivity contribution in [1.29, 1.82) is 0 Å². The number of hydrogen-bond acceptors (Lipinski definition) is 2. The molecule has 0 saturated carbocycles. The van der Waals surface area contributed by atoms with Crippen LogP contribution in [0.25, 0.3) is 0 Å². The highest BCUT2D eigenvalue weighted by molar-refractivity contribution is 5.87. The molecule has 0 bridgehead atoms. The molecule has 0 amide bonds. The zero-order valence-corrected chi connectivity index (χ0v) is 7.09. The molecule has 1 rings (SSSR count). The van der Waals surface area contributed by atoms with Crippen molar-refractivity contribution in [3.05, 3.63) is 12.2 Å². The van der Waals surface area contributed by atoms with E-state index in [1.807, 2.05) is 0 Å². The van der Waals surface area contributed by atoms with Crippen molar-refractivity contribution in [2.24, 2.45) is 11.8 Å². The van der Waals surface area contributed by atoms with Crippen molar-refractivity contribution in [3.63, 3.8) is 0 Å². The quantitative estimate of drug-likeness (QED) is 0.392. The second-order valence-corrected chi connectivity index (χ2v) is 3.36. The van der Waals surface area contributed by atoms with Crippen molar-refractivity contribution >= 4 is 5.97 Å². The maximum atomic E-state index is 11.0. The van der Waals surface area contributed by atoms with Gasteiger partial charge in [0.15, 0.2) is 0 Å². The van der Waals surface area contributed by atoms with Crippen LogP contribution in [-0.2, 0) is 9.53 Å². The number of cyclic esters (lactones) is 1. The summed E-state index contributed by atoms with van der Waals surface area (Å²) in [5.74, 6) is 0.744. The first-order valence-electron chi connectivity index (χ1n) is 3.96. The molecule has 2 nitrogen and oxygen atoms in total. The smallest absolute Gasteiger partial charge is 0.333 e. The Kier molecular flexibility index (Phi) is 2.32. The van der Waals surface area contributed by atoms with Gasteiger partial charge in [0.1, 0.15) is 0 Å². The van der Waals surface area contributed by atoms with Gasteiger partial charge in [-0.15, -0.1) is 0 Å². The van der Waals surface area contributed by atoms with E-state index in [2.05, 4.69) is 20.4 Å². The molecule has 0 aliphatic carbocycles. The number of ether oxygens (including phenoxy) is 1. The molecule has 2 heteroatoms. The second kappa shape index (κ2) is 3.07. The first-order chi connectivity index (χ1) is 5.11. The highest BCUT2D eigenvalue weighted by Crippen LogP contribution is 2.23. The molecule has 1 fully saturated rings. The molecular weight excluding hydrogens is 140 g/mol. The molecule has 1 saturated heterocycles. The van der Waals surface area contributed by atoms with E-state index in [9.17, 15) is 4.79 Å². The van der Waals surface area contributed by atoms with Crippen LogP contribution in [0.1, 0.15) is 20.3 Å². The van der Waals surface area contributed by atoms with Gasteiger partial charge in [0.05, 0.1) is 6.61 Å². The summed E-state index contributed by atoms with van der Waals surface area (Å²) in [6.45, 7) is 8.42. The zero-order valence-electron chi connectivity index (χ0n) is 7.09. The van der Waals surface area contributed by atoms with E-state index in [-0.39, 0.29) is 5.97 Å². The van der Waals surface area contributed by atoms with Crippen LogP contribution in [0.5, 0.6) is 0 Å². The fraction of sp³-hybridized carbons (Fsp3) is 0.667. The molecule has 0 spiro atoms. The zero-order chi connectivity index (χ0) is 8.43. The van der Waals surface area contributed by atoms with Crippen molar-refractivity contribution in [2.45, 2.75) is 20.3 Å². The average Bonchev–Trinajstić information content (AvgIpc) is 2.05. The highest BCUT2D eigenvalue weighted by Gasteiger charge is 2.22. The summed E-state index contributed by atoms with van der Waals surface area (Å²) < 4.78 is 4.96. The van der Waals surface area contributed by atoms with Crippen LogP contribution in [0.2, 0.25) is 0 Å². The maximum Gasteiger partial charge on any atom is 0.333 e. The minimum absolute atomic E-state index is 0.221. The van der Waals surface area contributed by atoms with Crippen LogP contribution in [0.4, 0.5) is 0 Å². The predicted octanol–water partition coefficient (Wildman–Crippen LogP) is 1.76. The highest BCUT2D eigenvalue weighted by atomic mass is 16.5. The van der Waals surface area contributed by atoms with E-state index in [1.165, 1.54) is 0 Å². The van der Waals surface area contributed by atoms with Crippen LogP contribution in [0.3, 0.4) is 0 Å². The van der Waals surface area contributed by atoms with Gasteiger partial charge in [-0.3, -0.25) is 0 Å². The third-order valence-corrected chi connectivity index (χ3v) is 2.31. The first-order valence-corrected chi connectivity index (χ1v) is 3.96. The topological polar surface area (TPSA) is 26.3 Å². The van der Waals surface area contributed by atoms with Gasteiger partial charge in [-0.2, -0.15) is 0 Å². The fourth-order valence-electron chi connectivity index (χ4n) is 1.15. The molecule has 0 aromatic heterocycles. The Balaban J connectivity index is 2.66. The molecule has 2 unspecified atom stereocenters. The second-order valence-electron chi connectivity index (χ2n) is 3.36. The summed E-state index contributed by atoms with van der Waals surface area (Å²) >= 11 is 0. The lowest BCUT2D eigenvalue weighted by Gasteiger charge is -2.13. The summed E-state index contributed by atoms with van der Waals surface area (Å²) in [7, 11) is 0. The summed E-state index contributed by atoms with van der Waals surface area (Å²) in [4.78, 5) is 11.0. The van der Waals surface area contributed by atoms with E-state index in [0.717, 1.165) is 6.42 Å². The molecule has 11 heavy (non-hydrogen) atoms. The fourth-order valence-corrected chi connectivity index (χ4v) is 1.15. The summed E-state index contributed by atoms with van der Waals surface area (Å²) in [5, 5.41) is 0. The average molecular weight is 154 g/mol. The predicted molar refractivity (Wildman–Crippen MR) is 43.0 cm³/mol. The number of hydrogen-bond donors (Lipinski definition) is 0. The summed E-state index contributed by atoms with van der Waals surface area (Å²) in [5.41, 5.74) is 0.613. The number of carbonyl (C=O) groups excluding carboxylic acids is 1. The van der Waals surface area contributed by atoms with Gasteiger partial charge in [-0.05, 0) is 18.3 Å². The van der Waals surface area contributed by atoms with Gasteiger partial charge in [-0.25, -0.2) is 4.79 Å². The number of rotatable bonds is 0. The maximum absolute atomic E-state index is 11.0. The molecule has 1 heterocycles. The Bertz CT molecular complexity index is 184. The summed E-state index contributed by atoms with van der Waals surface area (Å²) in [6, 6.07) is 0. The number of esters is 1. The Labute approximate surface area is 67.2 Å². The molecular formula is C9H14O2. The van der Waals surface area contributed by atoms with Gasteiger partial charge in [0.25, 0.3) is 0 Å². The lowest BCUT2D eigenvalue weighted by atomic mass is 9.92. The summed E-state index contributed by atoms with van der Waals surface area (Å²) in [6.07, 6.45) is 0.778. The van der Waals surface area contributed by atoms with Crippen LogP contribution in [0.15, 0.2) is 12.2 Å². The standard InChI is InChI=1S/C9H14O2/c1-6-4-7(2)9(10)11-5-8(6)3/h6,8H,2,4-5H2,1,3H3. The molecule has 62 valence electrons. The first kappa shape index (κ1) is 8.31. The van der Waals surface area contributed by atoms with Gasteiger partial charge in [0.2, 0.25) is 0 Å². The molecule has 0 radical (unpaired) electrons. The molecule has 1 aliphatic rings. The normalized spacial score (nSPS) is 32.9. The van der Waals surface area contributed by atoms with Gasteiger partial charge >= 0.3 is 5.97 Å². The van der Waals surface area contributed by atoms with Gasteiger partial charge < -0.3 is 4.74 Å². The van der Waals surface area contributed by atoms with Gasteiger partial charge in [-0.1, -0.05) is 20.4 Å². The Hall–Kier alpha value is -0.790. The third kappa shape index (κ3) is 1.82. The van der Waals surface area contributed by atoms with E-state index in [4.69, 9.17) is 4.74 Å². The Morgan fingerprint density at radius 2 is 2.09 bits per heavy atom. The third-order valence-electron chi connectivity index (χ3n) is 2.31. The Morgan fingerprint density at radius 1 is 1.45 bits per heavy atom. The van der Waals surface area contributed by atoms with Crippen molar-refractivity contribution in [2.75, 3.05) is 6.61 Å². The number of carbonyl (C=O) groups is 1. The molecule has 1 aliphatic heterocycles. The van der Waals surface area contributed by atoms with E-state index < -0.39 is 0 Å². The van der Waals surface area contributed by atoms with Crippen molar-refractivity contribution in [3.8, 4) is 0 Å². The lowest BCUT2D eigenvalue weighted by Crippen LogP contribution is -2.11. The van der Waals surface area contributed by atoms with Crippen LogP contribution in [0, 0.1) is 11.8 Å².